The van der Waals surface area contributed by atoms with Gasteiger partial charge in [0, 0.05) is 0 Å². The molecule has 0 saturated carbocycles. The second-order valence-electron chi connectivity index (χ2n) is 4.65. The third kappa shape index (κ3) is 4.80. The zero-order valence-corrected chi connectivity index (χ0v) is 10.4. The van der Waals surface area contributed by atoms with Crippen LogP contribution in [0, 0.1) is 11.8 Å². The molecular weight excluding hydrogens is 172 g/mol. The molecule has 0 aliphatic heterocycles. The Morgan fingerprint density at radius 1 is 1.14 bits per heavy atom. The van der Waals surface area contributed by atoms with Crippen LogP contribution in [0.4, 0.5) is 0 Å². The standard InChI is InChI=1S/C13H26O/c1-7-9-12(8-2)14-13(10(3)4)11(5)6/h8,10-13H,2,7,9H2,1,3-6H3. The number of hydrogen-bond acceptors (Lipinski definition) is 1. The molecule has 84 valence electrons. The molecule has 0 rings (SSSR count). The maximum Gasteiger partial charge on any atom is 0.0757 e. The Balaban J connectivity index is 4.18. The molecule has 0 spiro atoms. The smallest absolute Gasteiger partial charge is 0.0757 e. The van der Waals surface area contributed by atoms with E-state index in [2.05, 4.69) is 41.2 Å². The largest absolute Gasteiger partial charge is 0.370 e. The van der Waals surface area contributed by atoms with E-state index in [0.717, 1.165) is 12.8 Å². The third-order valence-corrected chi connectivity index (χ3v) is 2.48. The van der Waals surface area contributed by atoms with Crippen molar-refractivity contribution in [2.45, 2.75) is 59.7 Å². The Labute approximate surface area is 89.5 Å². The van der Waals surface area contributed by atoms with E-state index in [0.29, 0.717) is 17.9 Å². The highest BCUT2D eigenvalue weighted by atomic mass is 16.5. The van der Waals surface area contributed by atoms with Crippen molar-refractivity contribution in [3.05, 3.63) is 12.7 Å². The maximum absolute atomic E-state index is 6.04. The summed E-state index contributed by atoms with van der Waals surface area (Å²) in [6, 6.07) is 0. The average molecular weight is 198 g/mol. The van der Waals surface area contributed by atoms with Gasteiger partial charge in [-0.05, 0) is 18.3 Å². The van der Waals surface area contributed by atoms with E-state index in [-0.39, 0.29) is 6.10 Å². The second kappa shape index (κ2) is 7.05. The van der Waals surface area contributed by atoms with Gasteiger partial charge in [-0.15, -0.1) is 6.58 Å². The Morgan fingerprint density at radius 2 is 1.64 bits per heavy atom. The lowest BCUT2D eigenvalue weighted by Crippen LogP contribution is -2.30. The van der Waals surface area contributed by atoms with Gasteiger partial charge in [0.15, 0.2) is 0 Å². The van der Waals surface area contributed by atoms with Gasteiger partial charge in [-0.25, -0.2) is 0 Å². The summed E-state index contributed by atoms with van der Waals surface area (Å²) in [4.78, 5) is 0. The summed E-state index contributed by atoms with van der Waals surface area (Å²) in [5, 5.41) is 0. The molecule has 0 radical (unpaired) electrons. The van der Waals surface area contributed by atoms with Gasteiger partial charge in [0.05, 0.1) is 12.2 Å². The summed E-state index contributed by atoms with van der Waals surface area (Å²) < 4.78 is 6.04. The minimum absolute atomic E-state index is 0.231. The van der Waals surface area contributed by atoms with E-state index in [1.165, 1.54) is 0 Å². The molecule has 1 heteroatoms. The quantitative estimate of drug-likeness (QED) is 0.561. The van der Waals surface area contributed by atoms with Crippen LogP contribution in [0.5, 0.6) is 0 Å². The van der Waals surface area contributed by atoms with Crippen molar-refractivity contribution in [1.82, 2.24) is 0 Å². The van der Waals surface area contributed by atoms with Crippen molar-refractivity contribution in [2.24, 2.45) is 11.8 Å². The molecular formula is C13H26O. The molecule has 14 heavy (non-hydrogen) atoms. The topological polar surface area (TPSA) is 9.23 Å². The molecule has 1 unspecified atom stereocenters. The van der Waals surface area contributed by atoms with Crippen LogP contribution in [-0.2, 0) is 4.74 Å². The summed E-state index contributed by atoms with van der Waals surface area (Å²) in [6.07, 6.45) is 4.75. The highest BCUT2D eigenvalue weighted by Crippen LogP contribution is 2.19. The van der Waals surface area contributed by atoms with Crippen molar-refractivity contribution in [3.8, 4) is 0 Å². The van der Waals surface area contributed by atoms with Crippen molar-refractivity contribution in [2.75, 3.05) is 0 Å². The third-order valence-electron chi connectivity index (χ3n) is 2.48. The van der Waals surface area contributed by atoms with Crippen LogP contribution in [0.1, 0.15) is 47.5 Å². The van der Waals surface area contributed by atoms with Crippen LogP contribution in [0.25, 0.3) is 0 Å². The van der Waals surface area contributed by atoms with Crippen molar-refractivity contribution in [1.29, 1.82) is 0 Å². The van der Waals surface area contributed by atoms with Gasteiger partial charge in [-0.3, -0.25) is 0 Å². The molecule has 0 aliphatic rings. The molecule has 0 fully saturated rings. The molecule has 0 saturated heterocycles. The fraction of sp³-hybridized carbons (Fsp3) is 0.846. The van der Waals surface area contributed by atoms with Crippen LogP contribution in [0.15, 0.2) is 12.7 Å². The molecule has 0 aromatic heterocycles. The van der Waals surface area contributed by atoms with E-state index in [1.807, 2.05) is 6.08 Å². The molecule has 0 amide bonds. The first-order valence-electron chi connectivity index (χ1n) is 5.80. The lowest BCUT2D eigenvalue weighted by atomic mass is 9.96. The number of ether oxygens (including phenoxy) is 1. The van der Waals surface area contributed by atoms with E-state index in [4.69, 9.17) is 4.74 Å². The van der Waals surface area contributed by atoms with Crippen molar-refractivity contribution in [3.63, 3.8) is 0 Å². The van der Waals surface area contributed by atoms with E-state index in [1.54, 1.807) is 0 Å². The predicted octanol–water partition coefficient (Wildman–Crippen LogP) is 4.04. The lowest BCUT2D eigenvalue weighted by Gasteiger charge is -2.28. The zero-order chi connectivity index (χ0) is 11.1. The van der Waals surface area contributed by atoms with Crippen molar-refractivity contribution < 1.29 is 4.74 Å². The minimum Gasteiger partial charge on any atom is -0.370 e. The van der Waals surface area contributed by atoms with Crippen molar-refractivity contribution >= 4 is 0 Å². The Hall–Kier alpha value is -0.300. The summed E-state index contributed by atoms with van der Waals surface area (Å²) in [5.74, 6) is 1.16. The highest BCUT2D eigenvalue weighted by Gasteiger charge is 2.20. The molecule has 0 aromatic rings. The summed E-state index contributed by atoms with van der Waals surface area (Å²) in [7, 11) is 0. The lowest BCUT2D eigenvalue weighted by molar-refractivity contribution is -0.0422. The number of rotatable bonds is 7. The van der Waals surface area contributed by atoms with E-state index in [9.17, 15) is 0 Å². The summed E-state index contributed by atoms with van der Waals surface area (Å²) in [6.45, 7) is 14.9. The summed E-state index contributed by atoms with van der Waals surface area (Å²) >= 11 is 0. The van der Waals surface area contributed by atoms with Gasteiger partial charge in [0.25, 0.3) is 0 Å². The molecule has 1 nitrogen and oxygen atoms in total. The fourth-order valence-corrected chi connectivity index (χ4v) is 1.81. The Kier molecular flexibility index (Phi) is 6.90. The van der Waals surface area contributed by atoms with Gasteiger partial charge in [-0.1, -0.05) is 47.1 Å². The van der Waals surface area contributed by atoms with Gasteiger partial charge in [0.2, 0.25) is 0 Å². The first-order valence-corrected chi connectivity index (χ1v) is 5.80. The molecule has 1 atom stereocenters. The number of hydrogen-bond donors (Lipinski definition) is 0. The minimum atomic E-state index is 0.231. The monoisotopic (exact) mass is 198 g/mol. The molecule has 0 heterocycles. The first-order chi connectivity index (χ1) is 6.52. The zero-order valence-electron chi connectivity index (χ0n) is 10.4. The molecule has 0 bridgehead atoms. The van der Waals surface area contributed by atoms with Gasteiger partial charge in [0.1, 0.15) is 0 Å². The van der Waals surface area contributed by atoms with E-state index >= 15 is 0 Å². The first kappa shape index (κ1) is 13.7. The highest BCUT2D eigenvalue weighted by molar-refractivity contribution is 4.82. The van der Waals surface area contributed by atoms with Crippen LogP contribution in [0.3, 0.4) is 0 Å². The average Bonchev–Trinajstić information content (AvgIpc) is 2.10. The predicted molar refractivity (Wildman–Crippen MR) is 63.4 cm³/mol. The molecule has 0 N–H and O–H groups in total. The second-order valence-corrected chi connectivity index (χ2v) is 4.65. The normalized spacial score (nSPS) is 14.0. The SMILES string of the molecule is C=CC(CCC)OC(C(C)C)C(C)C. The maximum atomic E-state index is 6.04. The van der Waals surface area contributed by atoms with Crippen LogP contribution in [0.2, 0.25) is 0 Å². The summed E-state index contributed by atoms with van der Waals surface area (Å²) in [5.41, 5.74) is 0. The Bertz CT molecular complexity index is 141. The van der Waals surface area contributed by atoms with Crippen LogP contribution in [-0.4, -0.2) is 12.2 Å². The van der Waals surface area contributed by atoms with Gasteiger partial charge < -0.3 is 4.74 Å². The van der Waals surface area contributed by atoms with E-state index < -0.39 is 0 Å². The van der Waals surface area contributed by atoms with Gasteiger partial charge >= 0.3 is 0 Å². The van der Waals surface area contributed by atoms with Crippen LogP contribution >= 0.6 is 0 Å². The van der Waals surface area contributed by atoms with Gasteiger partial charge in [-0.2, -0.15) is 0 Å². The molecule has 0 aromatic carbocycles. The Morgan fingerprint density at radius 3 is 1.93 bits per heavy atom. The fourth-order valence-electron chi connectivity index (χ4n) is 1.81. The van der Waals surface area contributed by atoms with Crippen LogP contribution < -0.4 is 0 Å². The molecule has 0 aliphatic carbocycles.